The molecule has 2 spiro atoms. The van der Waals surface area contributed by atoms with Gasteiger partial charge in [0, 0.05) is 49.0 Å². The molecule has 0 aromatic carbocycles. The molecule has 218 valence electrons. The number of hydrogen-bond donors (Lipinski definition) is 1. The lowest BCUT2D eigenvalue weighted by atomic mass is 9.93. The van der Waals surface area contributed by atoms with Crippen LogP contribution in [0.4, 0.5) is 5.82 Å². The van der Waals surface area contributed by atoms with Gasteiger partial charge in [-0.25, -0.2) is 9.67 Å². The van der Waals surface area contributed by atoms with E-state index >= 15 is 0 Å². The van der Waals surface area contributed by atoms with E-state index in [9.17, 15) is 4.79 Å². The van der Waals surface area contributed by atoms with Crippen molar-refractivity contribution in [2.24, 2.45) is 22.7 Å². The lowest BCUT2D eigenvalue weighted by molar-refractivity contribution is 0.0984. The maximum atomic E-state index is 13.4. The van der Waals surface area contributed by atoms with E-state index in [0.29, 0.717) is 39.8 Å². The summed E-state index contributed by atoms with van der Waals surface area (Å²) in [5.41, 5.74) is 1.88. The van der Waals surface area contributed by atoms with Crippen molar-refractivity contribution in [3.8, 4) is 11.7 Å². The predicted octanol–water partition coefficient (Wildman–Crippen LogP) is 5.89. The van der Waals surface area contributed by atoms with Gasteiger partial charge < -0.3 is 9.64 Å². The molecule has 41 heavy (non-hydrogen) atoms. The first kappa shape index (κ1) is 26.9. The number of aromatic nitrogens is 5. The van der Waals surface area contributed by atoms with Crippen molar-refractivity contribution in [2.75, 3.05) is 18.1 Å². The summed E-state index contributed by atoms with van der Waals surface area (Å²) in [4.78, 5) is 20.8. The second-order valence-corrected chi connectivity index (χ2v) is 14.1. The van der Waals surface area contributed by atoms with Gasteiger partial charge in [0.25, 0.3) is 5.91 Å². The molecule has 3 aliphatic carbocycles. The molecule has 3 aromatic rings. The lowest BCUT2D eigenvalue weighted by Crippen LogP contribution is -2.40. The van der Waals surface area contributed by atoms with Crippen LogP contribution in [0.15, 0.2) is 41.7 Å². The van der Waals surface area contributed by atoms with Crippen LogP contribution < -0.4 is 14.4 Å². The summed E-state index contributed by atoms with van der Waals surface area (Å²) in [6, 6.07) is 7.61. The second kappa shape index (κ2) is 9.51. The Labute approximate surface area is 246 Å². The number of pyridine rings is 1. The smallest absolute Gasteiger partial charge is 0.265 e. The number of carbonyl (C=O) groups excluding carboxylic acids is 1. The fourth-order valence-electron chi connectivity index (χ4n) is 8.27. The molecule has 3 aromatic heterocycles. The average molecular weight is 576 g/mol. The third kappa shape index (κ3) is 4.44. The number of aryl methyl sites for hydroxylation is 1. The molecule has 10 heteroatoms. The lowest BCUT2D eigenvalue weighted by Gasteiger charge is -2.34. The van der Waals surface area contributed by atoms with E-state index in [-0.39, 0.29) is 18.9 Å². The van der Waals surface area contributed by atoms with Crippen molar-refractivity contribution in [2.45, 2.75) is 89.8 Å². The minimum Gasteiger partial charge on any atom is -0.477 e. The molecule has 1 saturated heterocycles. The molecule has 4 bridgehead atoms. The van der Waals surface area contributed by atoms with E-state index < -0.39 is 0 Å². The van der Waals surface area contributed by atoms with Crippen molar-refractivity contribution >= 4 is 23.7 Å². The van der Waals surface area contributed by atoms with E-state index in [1.165, 1.54) is 37.6 Å². The Hall–Kier alpha value is -3.01. The molecule has 1 N–H and O–H groups in total. The van der Waals surface area contributed by atoms with Crippen LogP contribution in [-0.4, -0.2) is 49.1 Å². The molecule has 5 heterocycles. The molecule has 0 radical (unpaired) electrons. The Bertz CT molecular complexity index is 1450. The summed E-state index contributed by atoms with van der Waals surface area (Å²) in [7, 11) is 0. The van der Waals surface area contributed by atoms with E-state index in [0.717, 1.165) is 56.3 Å². The van der Waals surface area contributed by atoms with Crippen molar-refractivity contribution in [1.29, 1.82) is 0 Å². The standard InChI is InChI=1S/C30H37N7O2S.CH4/c1-28(2)18-20-4-3-14-35-15-8-25(33-35)40-34-27(38)21-5-6-23(31-26(21)36(28)19-20)37-16-7-24(32-37)39-17-9-22-29(10-11-29)30(22)12-13-30;/h5-8,15-16,20,22H,3-4,9-14,17-19H2,1-2H3,(H,34,38);1H4. The number of carbonyl (C=O) groups is 1. The summed E-state index contributed by atoms with van der Waals surface area (Å²) in [5.74, 6) is 3.26. The van der Waals surface area contributed by atoms with Gasteiger partial charge in [0.05, 0.1) is 12.2 Å². The van der Waals surface area contributed by atoms with E-state index in [2.05, 4.69) is 28.6 Å². The van der Waals surface area contributed by atoms with E-state index in [1.54, 1.807) is 4.68 Å². The number of ether oxygens (including phenoxy) is 1. The van der Waals surface area contributed by atoms with Crippen LogP contribution in [0.25, 0.3) is 5.82 Å². The molecule has 1 atom stereocenters. The summed E-state index contributed by atoms with van der Waals surface area (Å²) < 4.78 is 12.8. The van der Waals surface area contributed by atoms with Crippen LogP contribution in [-0.2, 0) is 6.54 Å². The topological polar surface area (TPSA) is 90.1 Å². The predicted molar refractivity (Wildman–Crippen MR) is 159 cm³/mol. The number of nitrogens with zero attached hydrogens (tertiary/aromatic N) is 6. The molecule has 9 nitrogen and oxygen atoms in total. The van der Waals surface area contributed by atoms with Gasteiger partial charge in [-0.05, 0) is 106 Å². The Morgan fingerprint density at radius 1 is 1.07 bits per heavy atom. The van der Waals surface area contributed by atoms with Crippen LogP contribution in [0, 0.1) is 22.7 Å². The van der Waals surface area contributed by atoms with Crippen LogP contribution >= 0.6 is 11.9 Å². The molecule has 5 aliphatic rings. The molecule has 8 rings (SSSR count). The summed E-state index contributed by atoms with van der Waals surface area (Å²) in [6.07, 6.45) is 14.0. The van der Waals surface area contributed by atoms with Crippen molar-refractivity contribution in [3.05, 3.63) is 42.2 Å². The maximum absolute atomic E-state index is 13.4. The first-order chi connectivity index (χ1) is 19.4. The van der Waals surface area contributed by atoms with Crippen LogP contribution in [0.3, 0.4) is 0 Å². The number of anilines is 1. The Kier molecular flexibility index (Phi) is 6.23. The van der Waals surface area contributed by atoms with Crippen molar-refractivity contribution in [1.82, 2.24) is 29.3 Å². The van der Waals surface area contributed by atoms with Crippen molar-refractivity contribution < 1.29 is 9.53 Å². The van der Waals surface area contributed by atoms with Crippen LogP contribution in [0.2, 0.25) is 0 Å². The van der Waals surface area contributed by atoms with E-state index in [1.807, 2.05) is 41.3 Å². The third-order valence-electron chi connectivity index (χ3n) is 10.5. The summed E-state index contributed by atoms with van der Waals surface area (Å²) in [6.45, 7) is 7.00. The molecule has 1 unspecified atom stereocenters. The Balaban J connectivity index is 0.00000276. The number of nitrogens with one attached hydrogen (secondary N) is 1. The highest BCUT2D eigenvalue weighted by Gasteiger charge is 2.85. The minimum atomic E-state index is -0.170. The van der Waals surface area contributed by atoms with Gasteiger partial charge in [0.1, 0.15) is 10.8 Å². The fraction of sp³-hybridized carbons (Fsp3) is 0.613. The molecular formula is C31H41N7O2S. The highest BCUT2D eigenvalue weighted by Crippen LogP contribution is 2.93. The average Bonchev–Trinajstić information content (AvgIpc) is 3.85. The third-order valence-corrected chi connectivity index (χ3v) is 11.2. The van der Waals surface area contributed by atoms with Gasteiger partial charge in [0.2, 0.25) is 5.88 Å². The molecule has 4 fully saturated rings. The number of rotatable bonds is 5. The maximum Gasteiger partial charge on any atom is 0.265 e. The fourth-order valence-corrected chi connectivity index (χ4v) is 8.85. The molecule has 2 aliphatic heterocycles. The summed E-state index contributed by atoms with van der Waals surface area (Å²) in [5, 5.41) is 10.1. The Morgan fingerprint density at radius 3 is 2.66 bits per heavy atom. The number of fused-ring (bicyclic) bond motifs is 7. The highest BCUT2D eigenvalue weighted by molar-refractivity contribution is 7.97. The molecule has 1 amide bonds. The highest BCUT2D eigenvalue weighted by atomic mass is 32.2. The normalized spacial score (nSPS) is 24.8. The minimum absolute atomic E-state index is 0. The zero-order valence-electron chi connectivity index (χ0n) is 23.3. The number of amides is 1. The van der Waals surface area contributed by atoms with Gasteiger partial charge in [0.15, 0.2) is 5.82 Å². The van der Waals surface area contributed by atoms with Crippen molar-refractivity contribution in [3.63, 3.8) is 0 Å². The van der Waals surface area contributed by atoms with E-state index in [4.69, 9.17) is 14.8 Å². The first-order valence-electron chi connectivity index (χ1n) is 14.9. The summed E-state index contributed by atoms with van der Waals surface area (Å²) >= 11 is 1.25. The number of hydrogen-bond acceptors (Lipinski definition) is 7. The van der Waals surface area contributed by atoms with Gasteiger partial charge in [-0.1, -0.05) is 7.43 Å². The van der Waals surface area contributed by atoms with Gasteiger partial charge >= 0.3 is 0 Å². The van der Waals surface area contributed by atoms with Gasteiger partial charge in [-0.15, -0.1) is 5.10 Å². The van der Waals surface area contributed by atoms with Crippen LogP contribution in [0.5, 0.6) is 5.88 Å². The monoisotopic (exact) mass is 575 g/mol. The SMILES string of the molecule is C.CC1(C)CC2CCCn3ccc(n3)SNC(=O)c3ccc(-n4ccc(OCCC5C6(CC6)C56CC6)n4)nc3N1C2. The largest absolute Gasteiger partial charge is 0.477 e. The Morgan fingerprint density at radius 2 is 1.88 bits per heavy atom. The van der Waals surface area contributed by atoms with Gasteiger partial charge in [-0.2, -0.15) is 5.10 Å². The zero-order valence-corrected chi connectivity index (χ0v) is 24.1. The molecular weight excluding hydrogens is 534 g/mol. The van der Waals surface area contributed by atoms with Gasteiger partial charge in [-0.3, -0.25) is 14.2 Å². The quantitative estimate of drug-likeness (QED) is 0.379. The molecule has 3 saturated carbocycles. The second-order valence-electron chi connectivity index (χ2n) is 13.2. The van der Waals surface area contributed by atoms with Crippen LogP contribution in [0.1, 0.15) is 83.0 Å². The first-order valence-corrected chi connectivity index (χ1v) is 15.7. The zero-order chi connectivity index (χ0) is 27.1.